The maximum absolute atomic E-state index is 13.0. The van der Waals surface area contributed by atoms with Gasteiger partial charge in [-0.25, -0.2) is 0 Å². The summed E-state index contributed by atoms with van der Waals surface area (Å²) in [5.74, 6) is -0.414. The van der Waals surface area contributed by atoms with E-state index in [-0.39, 0.29) is 17.9 Å². The van der Waals surface area contributed by atoms with Crippen LogP contribution in [0.15, 0.2) is 42.5 Å². The van der Waals surface area contributed by atoms with Gasteiger partial charge in [-0.15, -0.1) is 0 Å². The number of halogens is 1. The molecule has 0 aromatic heterocycles. The lowest BCUT2D eigenvalue weighted by atomic mass is 10.0. The molecule has 2 N–H and O–H groups in total. The summed E-state index contributed by atoms with van der Waals surface area (Å²) < 4.78 is 0. The number of piperidine rings is 1. The third-order valence-electron chi connectivity index (χ3n) is 5.30. The van der Waals surface area contributed by atoms with Crippen LogP contribution in [0.1, 0.15) is 60.2 Å². The predicted molar refractivity (Wildman–Crippen MR) is 119 cm³/mol. The maximum Gasteiger partial charge on any atom is 0.257 e. The largest absolute Gasteiger partial charge is 0.371 e. The number of anilines is 2. The summed E-state index contributed by atoms with van der Waals surface area (Å²) in [5, 5.41) is 6.31. The summed E-state index contributed by atoms with van der Waals surface area (Å²) in [6, 6.07) is 12.5. The molecule has 1 saturated heterocycles. The van der Waals surface area contributed by atoms with Crippen molar-refractivity contribution in [1.82, 2.24) is 5.32 Å². The van der Waals surface area contributed by atoms with Crippen LogP contribution < -0.4 is 15.5 Å². The quantitative estimate of drug-likeness (QED) is 0.691. The zero-order chi connectivity index (χ0) is 20.8. The molecule has 6 heteroatoms. The maximum atomic E-state index is 13.0. The van der Waals surface area contributed by atoms with E-state index in [0.717, 1.165) is 38.0 Å². The molecule has 0 radical (unpaired) electrons. The second-order valence-corrected chi connectivity index (χ2v) is 7.90. The third kappa shape index (κ3) is 5.30. The van der Waals surface area contributed by atoms with E-state index in [1.807, 2.05) is 26.0 Å². The lowest BCUT2D eigenvalue weighted by Crippen LogP contribution is -2.35. The van der Waals surface area contributed by atoms with Gasteiger partial charge in [-0.3, -0.25) is 9.59 Å². The Balaban J connectivity index is 1.88. The van der Waals surface area contributed by atoms with Crippen molar-refractivity contribution in [3.8, 4) is 0 Å². The van der Waals surface area contributed by atoms with Crippen LogP contribution in [0.3, 0.4) is 0 Å². The molecule has 0 aliphatic carbocycles. The first-order valence-corrected chi connectivity index (χ1v) is 10.6. The topological polar surface area (TPSA) is 61.4 Å². The van der Waals surface area contributed by atoms with E-state index in [1.165, 1.54) is 6.42 Å². The molecule has 0 bridgehead atoms. The Hall–Kier alpha value is -2.53. The number of benzene rings is 2. The van der Waals surface area contributed by atoms with Gasteiger partial charge in [0.25, 0.3) is 11.8 Å². The van der Waals surface area contributed by atoms with Crippen molar-refractivity contribution in [1.29, 1.82) is 0 Å². The van der Waals surface area contributed by atoms with Crippen molar-refractivity contribution >= 4 is 34.8 Å². The van der Waals surface area contributed by atoms with Crippen LogP contribution in [0.4, 0.5) is 11.4 Å². The highest BCUT2D eigenvalue weighted by atomic mass is 35.5. The number of hydrogen-bond donors (Lipinski definition) is 2. The minimum Gasteiger partial charge on any atom is -0.371 e. The number of rotatable bonds is 6. The van der Waals surface area contributed by atoms with Crippen LogP contribution in [0.25, 0.3) is 0 Å². The van der Waals surface area contributed by atoms with Gasteiger partial charge in [0, 0.05) is 30.5 Å². The van der Waals surface area contributed by atoms with Crippen molar-refractivity contribution in [3.63, 3.8) is 0 Å². The molecule has 0 saturated carbocycles. The fourth-order valence-electron chi connectivity index (χ4n) is 3.45. The normalized spacial score (nSPS) is 14.9. The Labute approximate surface area is 177 Å². The van der Waals surface area contributed by atoms with E-state index in [0.29, 0.717) is 21.8 Å². The zero-order valence-corrected chi connectivity index (χ0v) is 17.8. The summed E-state index contributed by atoms with van der Waals surface area (Å²) in [6.45, 7) is 5.90. The Morgan fingerprint density at radius 1 is 1.03 bits per heavy atom. The zero-order valence-electron chi connectivity index (χ0n) is 17.0. The molecule has 1 atom stereocenters. The Bertz CT molecular complexity index is 878. The fourth-order valence-corrected chi connectivity index (χ4v) is 3.68. The van der Waals surface area contributed by atoms with Gasteiger partial charge in [0.1, 0.15) is 0 Å². The molecule has 2 aromatic carbocycles. The smallest absolute Gasteiger partial charge is 0.257 e. The van der Waals surface area contributed by atoms with Crippen LogP contribution in [0.5, 0.6) is 0 Å². The monoisotopic (exact) mass is 413 g/mol. The molecule has 3 rings (SSSR count). The minimum absolute atomic E-state index is 0.0816. The number of nitrogens with zero attached hydrogens (tertiary/aromatic N) is 1. The first-order chi connectivity index (χ1) is 14.0. The molecule has 154 valence electrons. The Morgan fingerprint density at radius 2 is 1.76 bits per heavy atom. The van der Waals surface area contributed by atoms with Crippen LogP contribution in [-0.4, -0.2) is 30.9 Å². The molecule has 5 nitrogen and oxygen atoms in total. The van der Waals surface area contributed by atoms with Gasteiger partial charge in [-0.1, -0.05) is 30.7 Å². The number of carbonyl (C=O) groups is 2. The third-order valence-corrected chi connectivity index (χ3v) is 5.63. The molecule has 29 heavy (non-hydrogen) atoms. The second kappa shape index (κ2) is 9.79. The van der Waals surface area contributed by atoms with Gasteiger partial charge >= 0.3 is 0 Å². The molecule has 2 amide bonds. The summed E-state index contributed by atoms with van der Waals surface area (Å²) in [4.78, 5) is 27.8. The number of hydrogen-bond acceptors (Lipinski definition) is 3. The van der Waals surface area contributed by atoms with Gasteiger partial charge in [-0.05, 0) is 62.9 Å². The first-order valence-electron chi connectivity index (χ1n) is 10.3. The summed E-state index contributed by atoms with van der Waals surface area (Å²) in [6.07, 6.45) is 4.32. The van der Waals surface area contributed by atoms with Crippen molar-refractivity contribution in [2.75, 3.05) is 23.3 Å². The van der Waals surface area contributed by atoms with Gasteiger partial charge in [0.2, 0.25) is 0 Å². The van der Waals surface area contributed by atoms with E-state index >= 15 is 0 Å². The molecule has 1 aliphatic heterocycles. The molecular weight excluding hydrogens is 386 g/mol. The fraction of sp³-hybridized carbons (Fsp3) is 0.391. The van der Waals surface area contributed by atoms with E-state index in [4.69, 9.17) is 11.6 Å². The molecule has 0 spiro atoms. The van der Waals surface area contributed by atoms with Crippen molar-refractivity contribution < 1.29 is 9.59 Å². The van der Waals surface area contributed by atoms with Gasteiger partial charge in [0.15, 0.2) is 0 Å². The van der Waals surface area contributed by atoms with E-state index in [2.05, 4.69) is 15.5 Å². The highest BCUT2D eigenvalue weighted by molar-refractivity contribution is 6.34. The first kappa shape index (κ1) is 21.2. The average Bonchev–Trinajstić information content (AvgIpc) is 2.74. The van der Waals surface area contributed by atoms with Crippen LogP contribution >= 0.6 is 11.6 Å². The van der Waals surface area contributed by atoms with Crippen molar-refractivity contribution in [2.45, 2.75) is 45.6 Å². The number of carbonyl (C=O) groups excluding carboxylic acids is 2. The van der Waals surface area contributed by atoms with E-state index in [1.54, 1.807) is 30.3 Å². The van der Waals surface area contributed by atoms with E-state index in [9.17, 15) is 9.59 Å². The van der Waals surface area contributed by atoms with Crippen molar-refractivity contribution in [3.05, 3.63) is 58.6 Å². The highest BCUT2D eigenvalue weighted by Crippen LogP contribution is 2.28. The molecule has 1 aliphatic rings. The predicted octanol–water partition coefficient (Wildman–Crippen LogP) is 5.11. The van der Waals surface area contributed by atoms with Crippen LogP contribution in [0, 0.1) is 0 Å². The molecule has 1 heterocycles. The molecule has 0 unspecified atom stereocenters. The van der Waals surface area contributed by atoms with Gasteiger partial charge in [-0.2, -0.15) is 0 Å². The number of nitrogens with one attached hydrogen (secondary N) is 2. The molecular formula is C23H28ClN3O2. The standard InChI is InChI=1S/C23H28ClN3O2/c1-3-16(2)25-23(29)19-15-17(11-12-21(19)27-13-7-4-8-14-27)26-22(28)18-9-5-6-10-20(18)24/h5-6,9-12,15-16H,3-4,7-8,13-14H2,1-2H3,(H,25,29)(H,26,28)/t16-/m0/s1. The SMILES string of the molecule is CC[C@H](C)NC(=O)c1cc(NC(=O)c2ccccc2Cl)ccc1N1CCCCC1. The van der Waals surface area contributed by atoms with Crippen molar-refractivity contribution in [2.24, 2.45) is 0 Å². The van der Waals surface area contributed by atoms with Crippen LogP contribution in [-0.2, 0) is 0 Å². The summed E-state index contributed by atoms with van der Waals surface area (Å²) >= 11 is 6.14. The number of amides is 2. The lowest BCUT2D eigenvalue weighted by Gasteiger charge is -2.31. The Kier molecular flexibility index (Phi) is 7.15. The minimum atomic E-state index is -0.297. The molecule has 2 aromatic rings. The lowest BCUT2D eigenvalue weighted by molar-refractivity contribution is 0.0938. The van der Waals surface area contributed by atoms with Gasteiger partial charge < -0.3 is 15.5 Å². The molecule has 1 fully saturated rings. The summed E-state index contributed by atoms with van der Waals surface area (Å²) in [7, 11) is 0. The van der Waals surface area contributed by atoms with Gasteiger partial charge in [0.05, 0.1) is 16.1 Å². The highest BCUT2D eigenvalue weighted by Gasteiger charge is 2.21. The Morgan fingerprint density at radius 3 is 2.45 bits per heavy atom. The van der Waals surface area contributed by atoms with Crippen LogP contribution in [0.2, 0.25) is 5.02 Å². The summed E-state index contributed by atoms with van der Waals surface area (Å²) in [5.41, 5.74) is 2.48. The second-order valence-electron chi connectivity index (χ2n) is 7.50. The average molecular weight is 414 g/mol. The van der Waals surface area contributed by atoms with E-state index < -0.39 is 0 Å².